The van der Waals surface area contributed by atoms with E-state index in [1.165, 1.54) is 32.2 Å². The van der Waals surface area contributed by atoms with Gasteiger partial charge in [-0.1, -0.05) is 27.7 Å². The first-order valence-corrected chi connectivity index (χ1v) is 5.77. The van der Waals surface area contributed by atoms with Gasteiger partial charge in [-0.3, -0.25) is 0 Å². The predicted octanol–water partition coefficient (Wildman–Crippen LogP) is 3.20. The number of nitrogens with one attached hydrogen (secondary N) is 1. The highest BCUT2D eigenvalue weighted by atomic mass is 14.9. The molecule has 1 rings (SSSR count). The Balaban J connectivity index is 2.38. The molecule has 0 radical (unpaired) electrons. The van der Waals surface area contributed by atoms with E-state index in [4.69, 9.17) is 0 Å². The SMILES string of the molecule is CCCN[C@@H]1C[C@H](C)CC(C)(C)C1. The van der Waals surface area contributed by atoms with Crippen molar-refractivity contribution in [3.63, 3.8) is 0 Å². The van der Waals surface area contributed by atoms with Crippen molar-refractivity contribution < 1.29 is 0 Å². The van der Waals surface area contributed by atoms with Crippen LogP contribution in [0.4, 0.5) is 0 Å². The fraction of sp³-hybridized carbons (Fsp3) is 1.00. The summed E-state index contributed by atoms with van der Waals surface area (Å²) in [6.45, 7) is 10.6. The molecular weight excluding hydrogens is 158 g/mol. The van der Waals surface area contributed by atoms with E-state index in [-0.39, 0.29) is 0 Å². The number of hydrogen-bond acceptors (Lipinski definition) is 1. The van der Waals surface area contributed by atoms with Crippen LogP contribution in [-0.2, 0) is 0 Å². The Hall–Kier alpha value is -0.0400. The highest BCUT2D eigenvalue weighted by molar-refractivity contribution is 4.86. The van der Waals surface area contributed by atoms with Gasteiger partial charge in [0, 0.05) is 6.04 Å². The molecule has 0 aliphatic heterocycles. The van der Waals surface area contributed by atoms with Crippen molar-refractivity contribution >= 4 is 0 Å². The largest absolute Gasteiger partial charge is 0.314 e. The van der Waals surface area contributed by atoms with Crippen molar-refractivity contribution in [1.82, 2.24) is 5.32 Å². The quantitative estimate of drug-likeness (QED) is 0.708. The van der Waals surface area contributed by atoms with E-state index in [0.29, 0.717) is 5.41 Å². The molecule has 0 unspecified atom stereocenters. The Morgan fingerprint density at radius 1 is 1.31 bits per heavy atom. The summed E-state index contributed by atoms with van der Waals surface area (Å²) in [5, 5.41) is 3.66. The van der Waals surface area contributed by atoms with E-state index in [1.807, 2.05) is 0 Å². The van der Waals surface area contributed by atoms with Gasteiger partial charge < -0.3 is 5.32 Å². The van der Waals surface area contributed by atoms with E-state index in [0.717, 1.165) is 12.0 Å². The highest BCUT2D eigenvalue weighted by Gasteiger charge is 2.31. The molecule has 0 bridgehead atoms. The summed E-state index contributed by atoms with van der Waals surface area (Å²) in [4.78, 5) is 0. The fourth-order valence-electron chi connectivity index (χ4n) is 2.85. The molecule has 78 valence electrons. The minimum atomic E-state index is 0.559. The summed E-state index contributed by atoms with van der Waals surface area (Å²) < 4.78 is 0. The number of hydrogen-bond donors (Lipinski definition) is 1. The van der Waals surface area contributed by atoms with Crippen molar-refractivity contribution in [2.75, 3.05) is 6.54 Å². The second-order valence-corrected chi connectivity index (χ2v) is 5.56. The average Bonchev–Trinajstić information content (AvgIpc) is 1.97. The lowest BCUT2D eigenvalue weighted by atomic mass is 9.70. The molecule has 0 saturated heterocycles. The summed E-state index contributed by atoms with van der Waals surface area (Å²) in [7, 11) is 0. The molecule has 0 amide bonds. The lowest BCUT2D eigenvalue weighted by Gasteiger charge is -2.39. The average molecular weight is 183 g/mol. The monoisotopic (exact) mass is 183 g/mol. The first-order valence-electron chi connectivity index (χ1n) is 5.77. The van der Waals surface area contributed by atoms with Crippen molar-refractivity contribution in [2.24, 2.45) is 11.3 Å². The number of rotatable bonds is 3. The van der Waals surface area contributed by atoms with E-state index in [1.54, 1.807) is 0 Å². The summed E-state index contributed by atoms with van der Waals surface area (Å²) in [6.07, 6.45) is 5.39. The Bertz CT molecular complexity index is 151. The van der Waals surface area contributed by atoms with E-state index >= 15 is 0 Å². The highest BCUT2D eigenvalue weighted by Crippen LogP contribution is 2.38. The van der Waals surface area contributed by atoms with Crippen LogP contribution in [0.2, 0.25) is 0 Å². The molecule has 1 aliphatic rings. The van der Waals surface area contributed by atoms with Gasteiger partial charge in [-0.15, -0.1) is 0 Å². The Morgan fingerprint density at radius 2 is 2.00 bits per heavy atom. The van der Waals surface area contributed by atoms with Crippen molar-refractivity contribution in [3.8, 4) is 0 Å². The summed E-state index contributed by atoms with van der Waals surface area (Å²) >= 11 is 0. The van der Waals surface area contributed by atoms with Gasteiger partial charge in [0.2, 0.25) is 0 Å². The molecule has 1 N–H and O–H groups in total. The molecular formula is C12H25N. The molecule has 0 heterocycles. The summed E-state index contributed by atoms with van der Waals surface area (Å²) in [5.41, 5.74) is 0.559. The van der Waals surface area contributed by atoms with Crippen LogP contribution in [0.25, 0.3) is 0 Å². The fourth-order valence-corrected chi connectivity index (χ4v) is 2.85. The van der Waals surface area contributed by atoms with Gasteiger partial charge in [0.15, 0.2) is 0 Å². The standard InChI is InChI=1S/C12H25N/c1-5-6-13-11-7-10(2)8-12(3,4)9-11/h10-11,13H,5-9H2,1-4H3/t10-,11+/m0/s1. The molecule has 0 spiro atoms. The van der Waals surface area contributed by atoms with Crippen LogP contribution in [0.1, 0.15) is 53.4 Å². The molecule has 1 heteroatoms. The Labute approximate surface area is 83.3 Å². The van der Waals surface area contributed by atoms with Crippen molar-refractivity contribution in [1.29, 1.82) is 0 Å². The molecule has 13 heavy (non-hydrogen) atoms. The zero-order valence-electron chi connectivity index (χ0n) is 9.69. The van der Waals surface area contributed by atoms with Gasteiger partial charge in [-0.2, -0.15) is 0 Å². The van der Waals surface area contributed by atoms with Gasteiger partial charge in [-0.25, -0.2) is 0 Å². The molecule has 1 aliphatic carbocycles. The van der Waals surface area contributed by atoms with E-state index in [9.17, 15) is 0 Å². The molecule has 1 nitrogen and oxygen atoms in total. The summed E-state index contributed by atoms with van der Waals surface area (Å²) in [5.74, 6) is 0.901. The normalized spacial score (nSPS) is 33.2. The minimum Gasteiger partial charge on any atom is -0.314 e. The topological polar surface area (TPSA) is 12.0 Å². The smallest absolute Gasteiger partial charge is 0.00746 e. The van der Waals surface area contributed by atoms with Gasteiger partial charge in [-0.05, 0) is 43.6 Å². The second-order valence-electron chi connectivity index (χ2n) is 5.56. The maximum absolute atomic E-state index is 3.66. The molecule has 2 atom stereocenters. The lowest BCUT2D eigenvalue weighted by molar-refractivity contribution is 0.152. The van der Waals surface area contributed by atoms with E-state index in [2.05, 4.69) is 33.0 Å². The lowest BCUT2D eigenvalue weighted by Crippen LogP contribution is -2.40. The van der Waals surface area contributed by atoms with E-state index < -0.39 is 0 Å². The summed E-state index contributed by atoms with van der Waals surface area (Å²) in [6, 6.07) is 0.777. The first-order chi connectivity index (χ1) is 6.03. The van der Waals surface area contributed by atoms with Crippen LogP contribution in [0, 0.1) is 11.3 Å². The van der Waals surface area contributed by atoms with Crippen LogP contribution < -0.4 is 5.32 Å². The third-order valence-corrected chi connectivity index (χ3v) is 3.07. The van der Waals surface area contributed by atoms with Gasteiger partial charge in [0.05, 0.1) is 0 Å². The Morgan fingerprint density at radius 3 is 2.54 bits per heavy atom. The molecule has 0 aromatic carbocycles. The zero-order chi connectivity index (χ0) is 9.90. The third kappa shape index (κ3) is 3.68. The Kier molecular flexibility index (Phi) is 3.78. The zero-order valence-corrected chi connectivity index (χ0v) is 9.69. The van der Waals surface area contributed by atoms with Gasteiger partial charge in [0.25, 0.3) is 0 Å². The van der Waals surface area contributed by atoms with Gasteiger partial charge in [0.1, 0.15) is 0 Å². The van der Waals surface area contributed by atoms with Crippen LogP contribution in [-0.4, -0.2) is 12.6 Å². The van der Waals surface area contributed by atoms with Crippen molar-refractivity contribution in [3.05, 3.63) is 0 Å². The molecule has 1 fully saturated rings. The molecule has 1 saturated carbocycles. The second kappa shape index (κ2) is 4.45. The van der Waals surface area contributed by atoms with Crippen molar-refractivity contribution in [2.45, 2.75) is 59.4 Å². The first kappa shape index (κ1) is 11.0. The van der Waals surface area contributed by atoms with Crippen LogP contribution in [0.5, 0.6) is 0 Å². The maximum Gasteiger partial charge on any atom is 0.00746 e. The molecule has 0 aromatic heterocycles. The molecule has 0 aromatic rings. The van der Waals surface area contributed by atoms with Gasteiger partial charge >= 0.3 is 0 Å². The van der Waals surface area contributed by atoms with Crippen LogP contribution in [0.3, 0.4) is 0 Å². The predicted molar refractivity (Wildman–Crippen MR) is 58.9 cm³/mol. The minimum absolute atomic E-state index is 0.559. The van der Waals surface area contributed by atoms with Crippen LogP contribution >= 0.6 is 0 Å². The third-order valence-electron chi connectivity index (χ3n) is 3.07. The maximum atomic E-state index is 3.66. The van der Waals surface area contributed by atoms with Crippen LogP contribution in [0.15, 0.2) is 0 Å².